The second kappa shape index (κ2) is 5.54. The molecule has 1 atom stereocenters. The van der Waals surface area contributed by atoms with E-state index in [0.29, 0.717) is 0 Å². The fraction of sp³-hybridized carbons (Fsp3) is 1.00. The molecular weight excluding hydrogens is 194 g/mol. The van der Waals surface area contributed by atoms with Crippen LogP contribution in [0, 0.1) is 0 Å². The lowest BCUT2D eigenvalue weighted by Gasteiger charge is -2.18. The number of sulfonamides is 1. The molecule has 0 rings (SSSR count). The van der Waals surface area contributed by atoms with Crippen molar-refractivity contribution in [3.05, 3.63) is 0 Å². The van der Waals surface area contributed by atoms with E-state index in [1.807, 2.05) is 13.8 Å². The van der Waals surface area contributed by atoms with Crippen molar-refractivity contribution in [2.24, 2.45) is 0 Å². The summed E-state index contributed by atoms with van der Waals surface area (Å²) < 4.78 is 33.9. The predicted octanol–water partition coefficient (Wildman–Crippen LogP) is -0.0669. The summed E-state index contributed by atoms with van der Waals surface area (Å²) in [6, 6.07) is 0. The van der Waals surface area contributed by atoms with Crippen LogP contribution < -0.4 is 4.72 Å². The molecule has 0 aliphatic rings. The first kappa shape index (κ1) is 12.8. The SMILES string of the molecule is COC(CNS(C)(=O)=O)OC(C)C. The number of hydrogen-bond donors (Lipinski definition) is 1. The first-order valence-corrected chi connectivity index (χ1v) is 5.87. The van der Waals surface area contributed by atoms with Crippen LogP contribution in [0.4, 0.5) is 0 Å². The largest absolute Gasteiger partial charge is 0.354 e. The molecule has 13 heavy (non-hydrogen) atoms. The number of ether oxygens (including phenoxy) is 2. The van der Waals surface area contributed by atoms with Gasteiger partial charge in [-0.05, 0) is 13.8 Å². The summed E-state index contributed by atoms with van der Waals surface area (Å²) in [5, 5.41) is 0. The van der Waals surface area contributed by atoms with E-state index in [9.17, 15) is 8.42 Å². The first-order chi connectivity index (χ1) is 5.85. The molecular formula is C7H17NO4S. The van der Waals surface area contributed by atoms with Crippen LogP contribution in [0.5, 0.6) is 0 Å². The average Bonchev–Trinajstić information content (AvgIpc) is 1.95. The zero-order chi connectivity index (χ0) is 10.5. The smallest absolute Gasteiger partial charge is 0.208 e. The van der Waals surface area contributed by atoms with Gasteiger partial charge in [-0.1, -0.05) is 0 Å². The van der Waals surface area contributed by atoms with Crippen molar-refractivity contribution in [3.8, 4) is 0 Å². The second-order valence-corrected chi connectivity index (χ2v) is 4.80. The van der Waals surface area contributed by atoms with Crippen LogP contribution in [-0.2, 0) is 19.5 Å². The van der Waals surface area contributed by atoms with Crippen molar-refractivity contribution in [3.63, 3.8) is 0 Å². The molecule has 0 aliphatic carbocycles. The van der Waals surface area contributed by atoms with E-state index in [2.05, 4.69) is 4.72 Å². The van der Waals surface area contributed by atoms with E-state index in [-0.39, 0.29) is 12.6 Å². The van der Waals surface area contributed by atoms with Crippen LogP contribution >= 0.6 is 0 Å². The summed E-state index contributed by atoms with van der Waals surface area (Å²) in [6.07, 6.45) is 0.566. The molecule has 0 aromatic rings. The number of hydrogen-bond acceptors (Lipinski definition) is 4. The first-order valence-electron chi connectivity index (χ1n) is 3.98. The molecule has 0 aliphatic heterocycles. The van der Waals surface area contributed by atoms with E-state index in [4.69, 9.17) is 9.47 Å². The summed E-state index contributed by atoms with van der Waals surface area (Å²) in [5.41, 5.74) is 0. The zero-order valence-corrected chi connectivity index (χ0v) is 9.22. The third-order valence-electron chi connectivity index (χ3n) is 1.20. The monoisotopic (exact) mass is 211 g/mol. The maximum Gasteiger partial charge on any atom is 0.208 e. The van der Waals surface area contributed by atoms with Gasteiger partial charge < -0.3 is 9.47 Å². The van der Waals surface area contributed by atoms with Crippen LogP contribution in [0.15, 0.2) is 0 Å². The van der Waals surface area contributed by atoms with E-state index in [1.54, 1.807) is 0 Å². The van der Waals surface area contributed by atoms with E-state index in [1.165, 1.54) is 7.11 Å². The standard InChI is InChI=1S/C7H17NO4S/c1-6(2)12-7(11-3)5-8-13(4,9)10/h6-8H,5H2,1-4H3. The van der Waals surface area contributed by atoms with Crippen LogP contribution in [0.3, 0.4) is 0 Å². The Bertz CT molecular complexity index is 225. The maximum absolute atomic E-state index is 10.7. The molecule has 0 spiro atoms. The highest BCUT2D eigenvalue weighted by atomic mass is 32.2. The topological polar surface area (TPSA) is 64.6 Å². The molecule has 0 bridgehead atoms. The lowest BCUT2D eigenvalue weighted by Crippen LogP contribution is -2.35. The number of nitrogens with one attached hydrogen (secondary N) is 1. The molecule has 0 amide bonds. The minimum absolute atomic E-state index is 0.00584. The van der Waals surface area contributed by atoms with Crippen LogP contribution in [-0.4, -0.2) is 40.7 Å². The Hall–Kier alpha value is -0.170. The van der Waals surface area contributed by atoms with Gasteiger partial charge in [0.2, 0.25) is 10.0 Å². The summed E-state index contributed by atoms with van der Waals surface area (Å²) >= 11 is 0. The zero-order valence-electron chi connectivity index (χ0n) is 8.40. The van der Waals surface area contributed by atoms with Crippen molar-refractivity contribution in [2.75, 3.05) is 19.9 Å². The third kappa shape index (κ3) is 8.17. The second-order valence-electron chi connectivity index (χ2n) is 2.97. The molecule has 0 aromatic heterocycles. The molecule has 0 aromatic carbocycles. The van der Waals surface area contributed by atoms with Gasteiger partial charge in [0.15, 0.2) is 6.29 Å². The molecule has 0 saturated heterocycles. The number of rotatable bonds is 6. The van der Waals surface area contributed by atoms with Gasteiger partial charge in [0, 0.05) is 7.11 Å². The van der Waals surface area contributed by atoms with Gasteiger partial charge >= 0.3 is 0 Å². The molecule has 0 saturated carbocycles. The fourth-order valence-electron chi connectivity index (χ4n) is 0.710. The van der Waals surface area contributed by atoms with Crippen molar-refractivity contribution >= 4 is 10.0 Å². The van der Waals surface area contributed by atoms with Gasteiger partial charge in [-0.3, -0.25) is 0 Å². The maximum atomic E-state index is 10.7. The lowest BCUT2D eigenvalue weighted by molar-refractivity contribution is -0.141. The minimum atomic E-state index is -3.18. The molecule has 6 heteroatoms. The molecule has 1 unspecified atom stereocenters. The molecule has 0 fully saturated rings. The van der Waals surface area contributed by atoms with Crippen LogP contribution in [0.1, 0.15) is 13.8 Å². The minimum Gasteiger partial charge on any atom is -0.354 e. The third-order valence-corrected chi connectivity index (χ3v) is 1.89. The van der Waals surface area contributed by atoms with Crippen molar-refractivity contribution in [1.82, 2.24) is 4.72 Å². The average molecular weight is 211 g/mol. The highest BCUT2D eigenvalue weighted by molar-refractivity contribution is 7.88. The van der Waals surface area contributed by atoms with Crippen molar-refractivity contribution < 1.29 is 17.9 Å². The Morgan fingerprint density at radius 2 is 1.92 bits per heavy atom. The van der Waals surface area contributed by atoms with Gasteiger partial charge in [-0.2, -0.15) is 0 Å². The molecule has 0 heterocycles. The summed E-state index contributed by atoms with van der Waals surface area (Å²) in [5.74, 6) is 0. The molecule has 0 radical (unpaired) electrons. The number of methoxy groups -OCH3 is 1. The molecule has 5 nitrogen and oxygen atoms in total. The molecule has 80 valence electrons. The van der Waals surface area contributed by atoms with Gasteiger partial charge in [0.1, 0.15) is 0 Å². The van der Waals surface area contributed by atoms with Gasteiger partial charge in [-0.25, -0.2) is 13.1 Å². The Kier molecular flexibility index (Phi) is 5.46. The van der Waals surface area contributed by atoms with Gasteiger partial charge in [-0.15, -0.1) is 0 Å². The summed E-state index contributed by atoms with van der Waals surface area (Å²) in [7, 11) is -1.71. The van der Waals surface area contributed by atoms with Crippen molar-refractivity contribution in [2.45, 2.75) is 26.2 Å². The Morgan fingerprint density at radius 3 is 2.23 bits per heavy atom. The highest BCUT2D eigenvalue weighted by Gasteiger charge is 2.11. The van der Waals surface area contributed by atoms with Gasteiger partial charge in [0.25, 0.3) is 0 Å². The lowest BCUT2D eigenvalue weighted by atomic mass is 10.5. The van der Waals surface area contributed by atoms with Crippen LogP contribution in [0.25, 0.3) is 0 Å². The summed E-state index contributed by atoms with van der Waals surface area (Å²) in [6.45, 7) is 3.84. The predicted molar refractivity (Wildman–Crippen MR) is 49.9 cm³/mol. The van der Waals surface area contributed by atoms with E-state index >= 15 is 0 Å². The Labute approximate surface area is 79.5 Å². The highest BCUT2D eigenvalue weighted by Crippen LogP contribution is 1.97. The van der Waals surface area contributed by atoms with Gasteiger partial charge in [0.05, 0.1) is 18.9 Å². The van der Waals surface area contributed by atoms with Crippen LogP contribution in [0.2, 0.25) is 0 Å². The normalized spacial score (nSPS) is 14.8. The van der Waals surface area contributed by atoms with E-state index < -0.39 is 16.3 Å². The fourth-order valence-corrected chi connectivity index (χ4v) is 1.15. The summed E-state index contributed by atoms with van der Waals surface area (Å²) in [4.78, 5) is 0. The Balaban J connectivity index is 3.86. The molecule has 1 N–H and O–H groups in total. The Morgan fingerprint density at radius 1 is 1.38 bits per heavy atom. The van der Waals surface area contributed by atoms with E-state index in [0.717, 1.165) is 6.26 Å². The van der Waals surface area contributed by atoms with Crippen molar-refractivity contribution in [1.29, 1.82) is 0 Å². The quantitative estimate of drug-likeness (QED) is 0.625.